The van der Waals surface area contributed by atoms with Gasteiger partial charge in [-0.3, -0.25) is 14.7 Å². The molecular formula is C32H38N6O2S. The van der Waals surface area contributed by atoms with Crippen LogP contribution in [0.25, 0.3) is 10.2 Å². The molecule has 5 rings (SSSR count). The molecule has 1 aliphatic rings. The lowest BCUT2D eigenvalue weighted by Gasteiger charge is -2.31. The number of aryl methyl sites for hydroxylation is 2. The van der Waals surface area contributed by atoms with E-state index in [1.807, 2.05) is 49.1 Å². The number of carbonyl (C=O) groups excluding carboxylic acids is 1. The number of nitrogens with zero attached hydrogens (tertiary/aromatic N) is 5. The summed E-state index contributed by atoms with van der Waals surface area (Å²) in [5.41, 5.74) is 4.15. The number of pyridine rings is 1. The van der Waals surface area contributed by atoms with E-state index in [9.17, 15) is 4.79 Å². The van der Waals surface area contributed by atoms with Crippen molar-refractivity contribution >= 4 is 39.0 Å². The van der Waals surface area contributed by atoms with E-state index in [1.165, 1.54) is 10.4 Å². The van der Waals surface area contributed by atoms with Crippen LogP contribution in [0, 0.1) is 13.8 Å². The molecule has 3 aromatic heterocycles. The van der Waals surface area contributed by atoms with Crippen molar-refractivity contribution in [3.05, 3.63) is 76.7 Å². The molecule has 1 unspecified atom stereocenters. The minimum absolute atomic E-state index is 0.0471. The monoisotopic (exact) mass is 570 g/mol. The SMILES string of the molecule is Cc1ccc(Oc2ccc(Nc3ncnc4sc5c(c34)C(C)CN(C(=O)/C=C/CN(C)C(C)(C)C)C5)cc2C)cn1. The third kappa shape index (κ3) is 6.41. The summed E-state index contributed by atoms with van der Waals surface area (Å²) < 4.78 is 6.04. The summed E-state index contributed by atoms with van der Waals surface area (Å²) in [6.07, 6.45) is 7.01. The number of nitrogens with one attached hydrogen (secondary N) is 1. The fourth-order valence-electron chi connectivity index (χ4n) is 4.87. The Morgan fingerprint density at radius 1 is 1.20 bits per heavy atom. The number of fused-ring (bicyclic) bond motifs is 3. The van der Waals surface area contributed by atoms with Crippen LogP contribution in [-0.4, -0.2) is 56.3 Å². The first-order valence-corrected chi connectivity index (χ1v) is 14.7. The summed E-state index contributed by atoms with van der Waals surface area (Å²) >= 11 is 1.65. The summed E-state index contributed by atoms with van der Waals surface area (Å²) in [6.45, 7) is 14.6. The van der Waals surface area contributed by atoms with Gasteiger partial charge in [-0.25, -0.2) is 9.97 Å². The van der Waals surface area contributed by atoms with Crippen molar-refractivity contribution in [3.63, 3.8) is 0 Å². The van der Waals surface area contributed by atoms with Gasteiger partial charge in [0.05, 0.1) is 18.1 Å². The maximum absolute atomic E-state index is 13.1. The second-order valence-electron chi connectivity index (χ2n) is 11.8. The van der Waals surface area contributed by atoms with Gasteiger partial charge in [-0.1, -0.05) is 13.0 Å². The predicted molar refractivity (Wildman–Crippen MR) is 166 cm³/mol. The van der Waals surface area contributed by atoms with Gasteiger partial charge in [0.15, 0.2) is 0 Å². The fraction of sp³-hybridized carbons (Fsp3) is 0.375. The number of benzene rings is 1. The van der Waals surface area contributed by atoms with Gasteiger partial charge in [0.2, 0.25) is 5.91 Å². The van der Waals surface area contributed by atoms with Crippen LogP contribution in [0.5, 0.6) is 11.5 Å². The second-order valence-corrected chi connectivity index (χ2v) is 12.8. The van der Waals surface area contributed by atoms with Gasteiger partial charge in [0.1, 0.15) is 28.5 Å². The van der Waals surface area contributed by atoms with E-state index >= 15 is 0 Å². The molecule has 214 valence electrons. The fourth-order valence-corrected chi connectivity index (χ4v) is 6.15. The van der Waals surface area contributed by atoms with Crippen LogP contribution in [0.1, 0.15) is 55.3 Å². The molecule has 41 heavy (non-hydrogen) atoms. The number of anilines is 2. The molecule has 1 N–H and O–H groups in total. The Hall–Kier alpha value is -3.82. The first-order chi connectivity index (χ1) is 19.5. The number of likely N-dealkylation sites (N-methyl/N-ethyl adjacent to an activating group) is 1. The number of aromatic nitrogens is 3. The highest BCUT2D eigenvalue weighted by molar-refractivity contribution is 7.19. The average molecular weight is 571 g/mol. The minimum atomic E-state index is 0.0471. The number of rotatable bonds is 7. The third-order valence-electron chi connectivity index (χ3n) is 7.57. The second kappa shape index (κ2) is 11.6. The highest BCUT2D eigenvalue weighted by atomic mass is 32.1. The Labute approximate surface area is 246 Å². The summed E-state index contributed by atoms with van der Waals surface area (Å²) in [4.78, 5) is 32.8. The number of carbonyl (C=O) groups is 1. The maximum Gasteiger partial charge on any atom is 0.246 e. The summed E-state index contributed by atoms with van der Waals surface area (Å²) in [7, 11) is 2.07. The molecule has 4 heterocycles. The van der Waals surface area contributed by atoms with E-state index in [0.717, 1.165) is 45.3 Å². The predicted octanol–water partition coefficient (Wildman–Crippen LogP) is 6.97. The molecule has 0 saturated carbocycles. The Morgan fingerprint density at radius 3 is 2.71 bits per heavy atom. The van der Waals surface area contributed by atoms with Crippen LogP contribution in [0.3, 0.4) is 0 Å². The van der Waals surface area contributed by atoms with Crippen molar-refractivity contribution in [1.29, 1.82) is 0 Å². The lowest BCUT2D eigenvalue weighted by Crippen LogP contribution is -2.38. The Kier molecular flexibility index (Phi) is 8.11. The summed E-state index contributed by atoms with van der Waals surface area (Å²) in [5.74, 6) is 2.47. The molecule has 0 spiro atoms. The summed E-state index contributed by atoms with van der Waals surface area (Å²) in [6, 6.07) is 9.85. The van der Waals surface area contributed by atoms with Gasteiger partial charge in [0, 0.05) is 46.9 Å². The molecule has 4 aromatic rings. The lowest BCUT2D eigenvalue weighted by molar-refractivity contribution is -0.127. The van der Waals surface area contributed by atoms with Crippen molar-refractivity contribution < 1.29 is 9.53 Å². The van der Waals surface area contributed by atoms with E-state index in [2.05, 4.69) is 66.0 Å². The van der Waals surface area contributed by atoms with Crippen LogP contribution in [0.2, 0.25) is 0 Å². The van der Waals surface area contributed by atoms with Crippen molar-refractivity contribution in [1.82, 2.24) is 24.8 Å². The molecule has 1 aliphatic heterocycles. The average Bonchev–Trinajstić information content (AvgIpc) is 3.31. The molecule has 9 heteroatoms. The Balaban J connectivity index is 1.34. The van der Waals surface area contributed by atoms with Gasteiger partial charge < -0.3 is 15.0 Å². The van der Waals surface area contributed by atoms with Gasteiger partial charge in [-0.15, -0.1) is 11.3 Å². The molecule has 0 aliphatic carbocycles. The first kappa shape index (κ1) is 28.7. The van der Waals surface area contributed by atoms with Crippen LogP contribution in [-0.2, 0) is 11.3 Å². The normalized spacial score (nSPS) is 15.5. The van der Waals surface area contributed by atoms with Crippen molar-refractivity contribution in [2.45, 2.75) is 59.5 Å². The number of amides is 1. The van der Waals surface area contributed by atoms with E-state index < -0.39 is 0 Å². The minimum Gasteiger partial charge on any atom is -0.455 e. The number of hydrogen-bond donors (Lipinski definition) is 1. The molecule has 0 saturated heterocycles. The molecule has 8 nitrogen and oxygen atoms in total. The quantitative estimate of drug-likeness (QED) is 0.240. The van der Waals surface area contributed by atoms with E-state index in [0.29, 0.717) is 18.8 Å². The highest BCUT2D eigenvalue weighted by Gasteiger charge is 2.30. The van der Waals surface area contributed by atoms with Crippen LogP contribution in [0.15, 0.2) is 55.0 Å². The van der Waals surface area contributed by atoms with E-state index in [4.69, 9.17) is 4.74 Å². The lowest BCUT2D eigenvalue weighted by atomic mass is 9.94. The molecule has 1 aromatic carbocycles. The molecule has 0 fully saturated rings. The van der Waals surface area contributed by atoms with Gasteiger partial charge >= 0.3 is 0 Å². The van der Waals surface area contributed by atoms with Crippen molar-refractivity contribution in [2.75, 3.05) is 25.5 Å². The standard InChI is InChI=1S/C32H38N6O2S/c1-20-15-23(11-13-25(20)40-24-12-10-22(3)33-16-24)36-30-29-28-21(2)17-38(18-26(28)41-31(29)35-19-34-30)27(39)9-8-14-37(7)32(4,5)6/h8-13,15-16,19,21H,14,17-18H2,1-7H3,(H,34,35,36)/b9-8+. The zero-order chi connectivity index (χ0) is 29.3. The number of hydrogen-bond acceptors (Lipinski definition) is 8. The van der Waals surface area contributed by atoms with Crippen molar-refractivity contribution in [3.8, 4) is 11.5 Å². The molecule has 1 amide bonds. The maximum atomic E-state index is 13.1. The third-order valence-corrected chi connectivity index (χ3v) is 8.67. The zero-order valence-corrected chi connectivity index (χ0v) is 25.7. The molecule has 0 radical (unpaired) electrons. The summed E-state index contributed by atoms with van der Waals surface area (Å²) in [5, 5.41) is 4.56. The van der Waals surface area contributed by atoms with E-state index in [1.54, 1.807) is 29.9 Å². The zero-order valence-electron chi connectivity index (χ0n) is 24.9. The Bertz CT molecular complexity index is 1590. The van der Waals surface area contributed by atoms with Crippen LogP contribution < -0.4 is 10.1 Å². The van der Waals surface area contributed by atoms with Crippen LogP contribution in [0.4, 0.5) is 11.5 Å². The largest absolute Gasteiger partial charge is 0.455 e. The topological polar surface area (TPSA) is 83.5 Å². The Morgan fingerprint density at radius 2 is 2.00 bits per heavy atom. The molecule has 1 atom stereocenters. The highest BCUT2D eigenvalue weighted by Crippen LogP contribution is 2.42. The van der Waals surface area contributed by atoms with Gasteiger partial charge in [-0.05, 0) is 83.1 Å². The van der Waals surface area contributed by atoms with Crippen molar-refractivity contribution in [2.24, 2.45) is 0 Å². The smallest absolute Gasteiger partial charge is 0.246 e. The van der Waals surface area contributed by atoms with Gasteiger partial charge in [-0.2, -0.15) is 0 Å². The molecule has 0 bridgehead atoms. The van der Waals surface area contributed by atoms with E-state index in [-0.39, 0.29) is 17.4 Å². The van der Waals surface area contributed by atoms with Gasteiger partial charge in [0.25, 0.3) is 0 Å². The molecular weight excluding hydrogens is 532 g/mol. The first-order valence-electron chi connectivity index (χ1n) is 13.9. The number of thiophene rings is 1. The number of ether oxygens (including phenoxy) is 1. The van der Waals surface area contributed by atoms with Crippen LogP contribution >= 0.6 is 11.3 Å².